The van der Waals surface area contributed by atoms with Crippen molar-refractivity contribution in [2.75, 3.05) is 111 Å². The van der Waals surface area contributed by atoms with Crippen LogP contribution < -0.4 is 16.0 Å². The van der Waals surface area contributed by atoms with Crippen LogP contribution in [0.15, 0.2) is 18.2 Å². The average molecular weight is 709 g/mol. The molecule has 1 aromatic rings. The van der Waals surface area contributed by atoms with Crippen molar-refractivity contribution < 1.29 is 57.1 Å². The number of amides is 5. The van der Waals surface area contributed by atoms with Gasteiger partial charge in [-0.3, -0.25) is 34.2 Å². The van der Waals surface area contributed by atoms with Crippen LogP contribution in [0.1, 0.15) is 59.2 Å². The number of carbonyl (C=O) groups is 5. The highest BCUT2D eigenvalue weighted by molar-refractivity contribution is 6.26. The maximum atomic E-state index is 13.2. The summed E-state index contributed by atoms with van der Waals surface area (Å²) in [5.41, 5.74) is 0.393. The molecule has 1 aromatic carbocycles. The summed E-state index contributed by atoms with van der Waals surface area (Å²) in [6.45, 7) is 8.00. The number of hydrogen-bond donors (Lipinski definition) is 3. The van der Waals surface area contributed by atoms with Gasteiger partial charge in [-0.15, -0.1) is 0 Å². The van der Waals surface area contributed by atoms with Crippen LogP contribution in [0.25, 0.3) is 0 Å². The quantitative estimate of drug-likeness (QED) is 0.0788. The molecule has 2 aliphatic heterocycles. The average Bonchev–Trinajstić information content (AvgIpc) is 3.35. The number of benzene rings is 1. The molecule has 5 amide bonds. The number of unbranched alkanes of at least 4 members (excludes halogenated alkanes) is 2. The maximum Gasteiger partial charge on any atom is 0.264 e. The van der Waals surface area contributed by atoms with Gasteiger partial charge in [0.2, 0.25) is 17.7 Å². The van der Waals surface area contributed by atoms with Gasteiger partial charge in [-0.05, 0) is 38.4 Å². The van der Waals surface area contributed by atoms with Crippen LogP contribution in [-0.4, -0.2) is 147 Å². The first-order chi connectivity index (χ1) is 24.4. The van der Waals surface area contributed by atoms with Crippen LogP contribution in [-0.2, 0) is 47.5 Å². The van der Waals surface area contributed by atoms with Gasteiger partial charge in [0.25, 0.3) is 11.8 Å². The summed E-state index contributed by atoms with van der Waals surface area (Å²) in [4.78, 5) is 63.4. The molecule has 0 bridgehead atoms. The van der Waals surface area contributed by atoms with Crippen molar-refractivity contribution in [2.45, 2.75) is 44.6 Å². The van der Waals surface area contributed by atoms with E-state index in [4.69, 9.17) is 33.2 Å². The number of imide groups is 2. The number of rotatable bonds is 29. The van der Waals surface area contributed by atoms with E-state index in [1.54, 1.807) is 12.1 Å². The van der Waals surface area contributed by atoms with Crippen molar-refractivity contribution in [1.82, 2.24) is 15.5 Å². The van der Waals surface area contributed by atoms with Crippen molar-refractivity contribution in [2.24, 2.45) is 0 Å². The summed E-state index contributed by atoms with van der Waals surface area (Å²) in [5.74, 6) is -2.70. The zero-order valence-corrected chi connectivity index (χ0v) is 29.0. The molecule has 2 heterocycles. The van der Waals surface area contributed by atoms with Crippen LogP contribution in [0, 0.1) is 0 Å². The van der Waals surface area contributed by atoms with Gasteiger partial charge in [-0.2, -0.15) is 0 Å². The van der Waals surface area contributed by atoms with Gasteiger partial charge in [0.05, 0.1) is 103 Å². The third-order valence-corrected chi connectivity index (χ3v) is 7.66. The predicted octanol–water partition coefficient (Wildman–Crippen LogP) is 0.922. The summed E-state index contributed by atoms with van der Waals surface area (Å²) in [6, 6.07) is 3.54. The minimum absolute atomic E-state index is 0.0319. The molecule has 0 saturated carbocycles. The largest absolute Gasteiger partial charge is 0.379 e. The zero-order chi connectivity index (χ0) is 35.8. The Kier molecular flexibility index (Phi) is 20.3. The van der Waals surface area contributed by atoms with E-state index < -0.39 is 29.7 Å². The number of ether oxygens (including phenoxy) is 7. The maximum absolute atomic E-state index is 13.2. The second-order valence-corrected chi connectivity index (χ2v) is 11.4. The molecule has 280 valence electrons. The zero-order valence-electron chi connectivity index (χ0n) is 29.0. The molecule has 0 aromatic heterocycles. The second-order valence-electron chi connectivity index (χ2n) is 11.4. The summed E-state index contributed by atoms with van der Waals surface area (Å²) in [6.07, 6.45) is 2.49. The van der Waals surface area contributed by atoms with Crippen LogP contribution in [0.3, 0.4) is 0 Å². The first-order valence-corrected chi connectivity index (χ1v) is 17.3. The van der Waals surface area contributed by atoms with Gasteiger partial charge in [0.1, 0.15) is 6.04 Å². The third kappa shape index (κ3) is 14.9. The lowest BCUT2D eigenvalue weighted by molar-refractivity contribution is -0.136. The Morgan fingerprint density at radius 3 is 1.80 bits per heavy atom. The Bertz CT molecular complexity index is 1220. The summed E-state index contributed by atoms with van der Waals surface area (Å²) >= 11 is 0. The molecule has 16 heteroatoms. The molecular formula is C34H52N4O12. The number of piperidine rings is 1. The van der Waals surface area contributed by atoms with E-state index in [1.807, 2.05) is 7.05 Å². The lowest BCUT2D eigenvalue weighted by Crippen LogP contribution is -2.54. The van der Waals surface area contributed by atoms with Crippen LogP contribution in [0.5, 0.6) is 0 Å². The number of fused-ring (bicyclic) bond motifs is 1. The number of hydrogen-bond acceptors (Lipinski definition) is 13. The van der Waals surface area contributed by atoms with E-state index in [9.17, 15) is 24.0 Å². The number of anilines is 1. The van der Waals surface area contributed by atoms with Crippen LogP contribution in [0.2, 0.25) is 0 Å². The Balaban J connectivity index is 1.10. The number of carbonyl (C=O) groups excluding carboxylic acids is 5. The molecular weight excluding hydrogens is 656 g/mol. The summed E-state index contributed by atoms with van der Waals surface area (Å²) < 4.78 is 38.2. The topological polar surface area (TPSA) is 189 Å². The highest BCUT2D eigenvalue weighted by atomic mass is 16.6. The minimum Gasteiger partial charge on any atom is -0.379 e. The molecule has 16 nitrogen and oxygen atoms in total. The molecule has 0 radical (unpaired) electrons. The van der Waals surface area contributed by atoms with Crippen LogP contribution in [0.4, 0.5) is 5.69 Å². The lowest BCUT2D eigenvalue weighted by atomic mass is 10.0. The van der Waals surface area contributed by atoms with Gasteiger partial charge >= 0.3 is 0 Å². The normalized spacial score (nSPS) is 15.9. The molecule has 0 spiro atoms. The van der Waals surface area contributed by atoms with Gasteiger partial charge in [0, 0.05) is 26.0 Å². The first-order valence-electron chi connectivity index (χ1n) is 17.3. The van der Waals surface area contributed by atoms with Crippen molar-refractivity contribution >= 4 is 35.2 Å². The van der Waals surface area contributed by atoms with E-state index in [-0.39, 0.29) is 42.0 Å². The Hall–Kier alpha value is -3.35. The first kappa shape index (κ1) is 41.1. The standard InChI is InChI=1S/C34H52N4O12/c1-35-11-13-45-15-17-47-19-21-49-23-25-50-24-22-48-20-18-46-16-14-44-12-4-2-3-8-29(39)36-27-7-5-6-26-31(27)34(43)38(33(26)42)28-9-10-30(40)37-32(28)41/h5-7,28,35H,2-4,8-25H2,1H3,(H,36,39)(H,37,40,41). The highest BCUT2D eigenvalue weighted by Crippen LogP contribution is 2.32. The smallest absolute Gasteiger partial charge is 0.264 e. The fourth-order valence-electron chi connectivity index (χ4n) is 5.09. The van der Waals surface area contributed by atoms with E-state index in [2.05, 4.69) is 16.0 Å². The fourth-order valence-corrected chi connectivity index (χ4v) is 5.09. The van der Waals surface area contributed by atoms with E-state index >= 15 is 0 Å². The molecule has 50 heavy (non-hydrogen) atoms. The van der Waals surface area contributed by atoms with Gasteiger partial charge in [-0.25, -0.2) is 0 Å². The van der Waals surface area contributed by atoms with E-state index in [1.165, 1.54) is 6.07 Å². The SMILES string of the molecule is CNCCOCCOCCOCCOCCOCCOCCOCCCCCC(=O)Nc1cccc2c1C(=O)N(C1CCC(=O)NC1=O)C2=O. The van der Waals surface area contributed by atoms with Gasteiger partial charge in [0.15, 0.2) is 0 Å². The molecule has 1 fully saturated rings. The number of likely N-dealkylation sites (N-methyl/N-ethyl adjacent to an activating group) is 1. The predicted molar refractivity (Wildman–Crippen MR) is 180 cm³/mol. The molecule has 1 unspecified atom stereocenters. The second kappa shape index (κ2) is 24.7. The molecule has 3 rings (SSSR count). The Labute approximate surface area is 293 Å². The Morgan fingerprint density at radius 2 is 1.26 bits per heavy atom. The molecule has 1 saturated heterocycles. The van der Waals surface area contributed by atoms with E-state index in [0.29, 0.717) is 98.9 Å². The molecule has 0 aliphatic carbocycles. The van der Waals surface area contributed by atoms with Gasteiger partial charge in [-0.1, -0.05) is 12.5 Å². The fraction of sp³-hybridized carbons (Fsp3) is 0.676. The summed E-state index contributed by atoms with van der Waals surface area (Å²) in [7, 11) is 1.88. The summed E-state index contributed by atoms with van der Waals surface area (Å²) in [5, 5.41) is 7.91. The van der Waals surface area contributed by atoms with Crippen molar-refractivity contribution in [1.29, 1.82) is 0 Å². The number of nitrogens with zero attached hydrogens (tertiary/aromatic N) is 1. The van der Waals surface area contributed by atoms with Crippen molar-refractivity contribution in [3.8, 4) is 0 Å². The number of nitrogens with one attached hydrogen (secondary N) is 3. The lowest BCUT2D eigenvalue weighted by Gasteiger charge is -2.27. The molecule has 2 aliphatic rings. The molecule has 3 N–H and O–H groups in total. The van der Waals surface area contributed by atoms with Crippen molar-refractivity contribution in [3.05, 3.63) is 29.3 Å². The van der Waals surface area contributed by atoms with E-state index in [0.717, 1.165) is 24.3 Å². The third-order valence-electron chi connectivity index (χ3n) is 7.66. The van der Waals surface area contributed by atoms with Crippen molar-refractivity contribution in [3.63, 3.8) is 0 Å². The molecule has 1 atom stereocenters. The monoisotopic (exact) mass is 708 g/mol. The minimum atomic E-state index is -1.07. The van der Waals surface area contributed by atoms with Gasteiger partial charge < -0.3 is 43.8 Å². The highest BCUT2D eigenvalue weighted by Gasteiger charge is 2.45. The Morgan fingerprint density at radius 1 is 0.720 bits per heavy atom. The van der Waals surface area contributed by atoms with Crippen LogP contribution >= 0.6 is 0 Å².